The molecule has 0 saturated carbocycles. The lowest BCUT2D eigenvalue weighted by Crippen LogP contribution is -2.61. The minimum Gasteiger partial charge on any atom is -0.456 e. The summed E-state index contributed by atoms with van der Waals surface area (Å²) in [5, 5.41) is 21.5. The number of rotatable bonds is 5. The van der Waals surface area contributed by atoms with E-state index in [1.807, 2.05) is 22.7 Å². The molecule has 0 aliphatic carbocycles. The molecule has 0 bridgehead atoms. The van der Waals surface area contributed by atoms with Gasteiger partial charge in [0.15, 0.2) is 0 Å². The molecule has 2 aliphatic rings. The van der Waals surface area contributed by atoms with Crippen LogP contribution in [0.2, 0.25) is 0 Å². The molecule has 0 spiro atoms. The van der Waals surface area contributed by atoms with E-state index in [1.54, 1.807) is 0 Å². The molecule has 0 N–H and O–H groups in total. The molecular formula is C96H53BN4O2S2. The van der Waals surface area contributed by atoms with E-state index in [2.05, 4.69) is 340 Å². The largest absolute Gasteiger partial charge is 0.456 e. The SMILES string of the molecule is c1ccc2c(c1)sc1cccc(N3c4cc5c(cc4B4c6cc7oc8cc(-n9c%10ccccc%10c%10ccccc%109)ccc8c7cc6N(c6cccc7sc8ccccc8c67)c6cc(-c7ccc8c9ccccc9c9ccccc9c8c7)cc3c64)oc3cc(-n4c6ccccc6c6ccccc64)ccc35)c12. The van der Waals surface area contributed by atoms with Gasteiger partial charge in [-0.2, -0.15) is 0 Å². The highest BCUT2D eigenvalue weighted by molar-refractivity contribution is 7.26. The second-order valence-corrected chi connectivity index (χ2v) is 30.7. The first kappa shape index (κ1) is 56.5. The zero-order chi connectivity index (χ0) is 68.0. The predicted octanol–water partition coefficient (Wildman–Crippen LogP) is 25.6. The fourth-order valence-corrected chi connectivity index (χ4v) is 21.1. The van der Waals surface area contributed by atoms with Gasteiger partial charge in [0.25, 0.3) is 6.71 Å². The van der Waals surface area contributed by atoms with Crippen molar-refractivity contribution in [1.82, 2.24) is 9.13 Å². The number of aromatic nitrogens is 2. The minimum atomic E-state index is -0.318. The predicted molar refractivity (Wildman–Crippen MR) is 447 cm³/mol. The van der Waals surface area contributed by atoms with Gasteiger partial charge < -0.3 is 27.8 Å². The van der Waals surface area contributed by atoms with E-state index in [1.165, 1.54) is 99.7 Å². The van der Waals surface area contributed by atoms with E-state index in [4.69, 9.17) is 8.83 Å². The van der Waals surface area contributed by atoms with E-state index in [9.17, 15) is 0 Å². The Labute approximate surface area is 607 Å². The second kappa shape index (κ2) is 20.8. The van der Waals surface area contributed by atoms with Crippen LogP contribution in [0.1, 0.15) is 0 Å². The third-order valence-electron chi connectivity index (χ3n) is 23.2. The molecule has 484 valence electrons. The van der Waals surface area contributed by atoms with Crippen molar-refractivity contribution >= 4 is 240 Å². The van der Waals surface area contributed by atoms with Crippen LogP contribution in [0.25, 0.3) is 183 Å². The Morgan fingerprint density at radius 1 is 0.229 bits per heavy atom. The molecular weight excluding hydrogens is 1320 g/mol. The van der Waals surface area contributed by atoms with Crippen LogP contribution in [-0.4, -0.2) is 15.8 Å². The Hall–Kier alpha value is -13.2. The maximum atomic E-state index is 7.44. The molecule has 0 saturated heterocycles. The van der Waals surface area contributed by atoms with Crippen LogP contribution in [-0.2, 0) is 0 Å². The van der Waals surface area contributed by atoms with Gasteiger partial charge in [-0.15, -0.1) is 22.7 Å². The summed E-state index contributed by atoms with van der Waals surface area (Å²) < 4.78 is 24.6. The Morgan fingerprint density at radius 3 is 1.04 bits per heavy atom. The zero-order valence-corrected chi connectivity index (χ0v) is 57.7. The summed E-state index contributed by atoms with van der Waals surface area (Å²) in [5.74, 6) is 0. The van der Waals surface area contributed by atoms with Gasteiger partial charge in [0.1, 0.15) is 22.3 Å². The highest BCUT2D eigenvalue weighted by Crippen LogP contribution is 2.54. The number of benzene rings is 17. The molecule has 0 amide bonds. The lowest BCUT2D eigenvalue weighted by Gasteiger charge is -2.44. The average molecular weight is 1370 g/mol. The van der Waals surface area contributed by atoms with Crippen molar-refractivity contribution in [2.45, 2.75) is 0 Å². The Bertz CT molecular complexity index is 7340. The van der Waals surface area contributed by atoms with Crippen LogP contribution in [0.3, 0.4) is 0 Å². The number of anilines is 6. The topological polar surface area (TPSA) is 42.6 Å². The smallest absolute Gasteiger partial charge is 0.252 e. The van der Waals surface area contributed by atoms with Crippen LogP contribution in [0.5, 0.6) is 0 Å². The van der Waals surface area contributed by atoms with Gasteiger partial charge in [-0.25, -0.2) is 0 Å². The van der Waals surface area contributed by atoms with Gasteiger partial charge in [0, 0.05) is 130 Å². The molecule has 105 heavy (non-hydrogen) atoms. The minimum absolute atomic E-state index is 0.318. The monoisotopic (exact) mass is 1370 g/mol. The number of fused-ring (bicyclic) bond motifs is 28. The van der Waals surface area contributed by atoms with E-state index < -0.39 is 0 Å². The van der Waals surface area contributed by atoms with Gasteiger partial charge in [-0.05, 0) is 187 Å². The van der Waals surface area contributed by atoms with Crippen molar-refractivity contribution in [3.63, 3.8) is 0 Å². The number of furan rings is 2. The quantitative estimate of drug-likeness (QED) is 0.127. The fraction of sp³-hybridized carbons (Fsp3) is 0. The molecule has 9 heteroatoms. The molecule has 0 radical (unpaired) electrons. The molecule has 23 aromatic rings. The number of hydrogen-bond donors (Lipinski definition) is 0. The third-order valence-corrected chi connectivity index (χ3v) is 25.5. The maximum Gasteiger partial charge on any atom is 0.252 e. The van der Waals surface area contributed by atoms with E-state index in [-0.39, 0.29) is 6.71 Å². The Kier molecular flexibility index (Phi) is 11.2. The van der Waals surface area contributed by atoms with E-state index in [0.29, 0.717) is 0 Å². The first-order valence-electron chi connectivity index (χ1n) is 36.0. The maximum absolute atomic E-state index is 7.44. The first-order valence-corrected chi connectivity index (χ1v) is 37.6. The number of thiophene rings is 2. The molecule has 25 rings (SSSR count). The molecule has 6 nitrogen and oxygen atoms in total. The number of para-hydroxylation sites is 4. The summed E-state index contributed by atoms with van der Waals surface area (Å²) in [6.45, 7) is -0.318. The third kappa shape index (κ3) is 7.66. The normalized spacial score (nSPS) is 13.1. The lowest BCUT2D eigenvalue weighted by atomic mass is 9.33. The van der Waals surface area contributed by atoms with Crippen LogP contribution in [0, 0.1) is 0 Å². The summed E-state index contributed by atoms with van der Waals surface area (Å²) in [6.07, 6.45) is 0. The van der Waals surface area contributed by atoms with Crippen molar-refractivity contribution in [3.8, 4) is 22.5 Å². The van der Waals surface area contributed by atoms with Gasteiger partial charge in [0.05, 0.1) is 33.4 Å². The molecule has 17 aromatic carbocycles. The number of nitrogens with zero attached hydrogens (tertiary/aromatic N) is 4. The average Bonchev–Trinajstić information content (AvgIpc) is 1.61. The summed E-state index contributed by atoms with van der Waals surface area (Å²) in [4.78, 5) is 5.29. The summed E-state index contributed by atoms with van der Waals surface area (Å²) in [6, 6.07) is 120. The second-order valence-electron chi connectivity index (χ2n) is 28.5. The Balaban J connectivity index is 0.814. The van der Waals surface area contributed by atoms with E-state index >= 15 is 0 Å². The van der Waals surface area contributed by atoms with Gasteiger partial charge in [-0.1, -0.05) is 182 Å². The molecule has 0 atom stereocenters. The van der Waals surface area contributed by atoms with Gasteiger partial charge >= 0.3 is 0 Å². The highest BCUT2D eigenvalue weighted by Gasteiger charge is 2.46. The van der Waals surface area contributed by atoms with Crippen LogP contribution in [0.15, 0.2) is 330 Å². The standard InChI is InChI=1S/C96H53BN4O2S2/c1-2-21-60-58(19-1)59-20-3-4-22-61(59)71-45-54(39-42-62(60)71)55-46-84-96-85(47-55)101(81-34-18-38-93-95(81)70-28-10-16-36-91(70)105-93)83-51-73-68-44-41-57(99-78-31-13-7-25-65(78)66-26-8-14-32-79(66)99)49-87(68)103-89(73)53-75(83)97(96)74-52-88-72(50-82(74)100(84)80-33-17-37-92-94(80)69-27-9-15-35-90(69)104-92)67-43-40-56(48-86(67)102-88)98-76-29-11-5-23-63(76)64-24-6-12-30-77(64)98/h1-53H. The molecule has 2 aliphatic heterocycles. The van der Waals surface area contributed by atoms with Crippen molar-refractivity contribution in [1.29, 1.82) is 0 Å². The van der Waals surface area contributed by atoms with Crippen LogP contribution in [0.4, 0.5) is 34.1 Å². The Morgan fingerprint density at radius 2 is 0.590 bits per heavy atom. The number of hydrogen-bond acceptors (Lipinski definition) is 6. The molecule has 0 fully saturated rings. The van der Waals surface area contributed by atoms with Gasteiger partial charge in [-0.3, -0.25) is 0 Å². The fourth-order valence-electron chi connectivity index (χ4n) is 18.8. The van der Waals surface area contributed by atoms with Gasteiger partial charge in [0.2, 0.25) is 0 Å². The summed E-state index contributed by atoms with van der Waals surface area (Å²) in [7, 11) is 0. The van der Waals surface area contributed by atoms with E-state index in [0.717, 1.165) is 133 Å². The highest BCUT2D eigenvalue weighted by atomic mass is 32.1. The van der Waals surface area contributed by atoms with Crippen molar-refractivity contribution < 1.29 is 8.83 Å². The van der Waals surface area contributed by atoms with Crippen molar-refractivity contribution in [2.24, 2.45) is 0 Å². The van der Waals surface area contributed by atoms with Crippen LogP contribution < -0.4 is 26.2 Å². The first-order chi connectivity index (χ1) is 52.1. The molecule has 8 heterocycles. The zero-order valence-electron chi connectivity index (χ0n) is 56.1. The lowest BCUT2D eigenvalue weighted by molar-refractivity contribution is 0.668. The summed E-state index contributed by atoms with van der Waals surface area (Å²) in [5.41, 5.74) is 22.5. The summed E-state index contributed by atoms with van der Waals surface area (Å²) >= 11 is 3.73. The van der Waals surface area contributed by atoms with Crippen LogP contribution >= 0.6 is 22.7 Å². The molecule has 6 aromatic heterocycles. The van der Waals surface area contributed by atoms with Crippen molar-refractivity contribution in [3.05, 3.63) is 322 Å². The molecule has 0 unspecified atom stereocenters. The van der Waals surface area contributed by atoms with Crippen molar-refractivity contribution in [2.75, 3.05) is 9.80 Å².